The zero-order valence-electron chi connectivity index (χ0n) is 7.34. The number of carbonyl (C=O) groups excluding carboxylic acids is 1. The first kappa shape index (κ1) is 10.7. The van der Waals surface area contributed by atoms with E-state index in [-0.39, 0.29) is 5.56 Å². The van der Waals surface area contributed by atoms with Gasteiger partial charge in [-0.3, -0.25) is 4.79 Å². The predicted molar refractivity (Wildman–Crippen MR) is 54.7 cm³/mol. The monoisotopic (exact) mass is 213 g/mol. The maximum Gasteiger partial charge on any atom is 0.249 e. The number of halogens is 2. The second-order valence-corrected chi connectivity index (χ2v) is 2.96. The Bertz CT molecular complexity index is 376. The lowest BCUT2D eigenvalue weighted by Crippen LogP contribution is -2.12. The smallest absolute Gasteiger partial charge is 0.249 e. The zero-order chi connectivity index (χ0) is 10.6. The Kier molecular flexibility index (Phi) is 3.65. The molecule has 2 N–H and O–H groups in total. The Morgan fingerprint density at radius 1 is 1.57 bits per heavy atom. The van der Waals surface area contributed by atoms with Crippen LogP contribution in [0.3, 0.4) is 0 Å². The van der Waals surface area contributed by atoms with Gasteiger partial charge in [-0.05, 0) is 23.8 Å². The number of rotatable bonds is 3. The van der Waals surface area contributed by atoms with Crippen LogP contribution in [0.25, 0.3) is 6.08 Å². The van der Waals surface area contributed by atoms with Crippen LogP contribution in [0, 0.1) is 5.82 Å². The molecule has 0 aromatic heterocycles. The summed E-state index contributed by atoms with van der Waals surface area (Å²) >= 11 is 5.43. The summed E-state index contributed by atoms with van der Waals surface area (Å²) in [7, 11) is 0. The van der Waals surface area contributed by atoms with Gasteiger partial charge in [-0.25, -0.2) is 4.39 Å². The largest absolute Gasteiger partial charge is 0.366 e. The Morgan fingerprint density at radius 2 is 2.29 bits per heavy atom. The fourth-order valence-electron chi connectivity index (χ4n) is 1.07. The summed E-state index contributed by atoms with van der Waals surface area (Å²) in [6, 6.07) is 3.78. The van der Waals surface area contributed by atoms with Gasteiger partial charge < -0.3 is 5.73 Å². The average Bonchev–Trinajstić information content (AvgIpc) is 2.14. The lowest BCUT2D eigenvalue weighted by molar-refractivity contribution is 0.1000. The van der Waals surface area contributed by atoms with E-state index >= 15 is 0 Å². The molecule has 0 fully saturated rings. The molecule has 0 saturated carbocycles. The summed E-state index contributed by atoms with van der Waals surface area (Å²) in [5.74, 6) is -0.696. The van der Waals surface area contributed by atoms with E-state index in [2.05, 4.69) is 0 Å². The summed E-state index contributed by atoms with van der Waals surface area (Å²) in [4.78, 5) is 10.9. The molecule has 0 unspecified atom stereocenters. The number of nitrogens with two attached hydrogens (primary N) is 1. The third-order valence-electron chi connectivity index (χ3n) is 1.67. The maximum atomic E-state index is 12.8. The van der Waals surface area contributed by atoms with Crippen molar-refractivity contribution in [3.63, 3.8) is 0 Å². The molecule has 0 aliphatic rings. The molecule has 4 heteroatoms. The van der Waals surface area contributed by atoms with Crippen LogP contribution in [0.4, 0.5) is 4.39 Å². The van der Waals surface area contributed by atoms with Crippen molar-refractivity contribution in [3.8, 4) is 0 Å². The van der Waals surface area contributed by atoms with Gasteiger partial charge in [0.15, 0.2) is 0 Å². The molecule has 0 spiro atoms. The summed E-state index contributed by atoms with van der Waals surface area (Å²) in [6.07, 6.45) is 3.18. The predicted octanol–water partition coefficient (Wildman–Crippen LogP) is 2.18. The van der Waals surface area contributed by atoms with Gasteiger partial charge in [-0.15, -0.1) is 11.6 Å². The minimum atomic E-state index is -0.584. The molecular weight excluding hydrogens is 205 g/mol. The van der Waals surface area contributed by atoms with Crippen molar-refractivity contribution >= 4 is 23.6 Å². The number of hydrogen-bond acceptors (Lipinski definition) is 1. The van der Waals surface area contributed by atoms with Crippen LogP contribution in [0.2, 0.25) is 0 Å². The van der Waals surface area contributed by atoms with E-state index in [1.807, 2.05) is 0 Å². The van der Waals surface area contributed by atoms with E-state index in [0.29, 0.717) is 11.4 Å². The van der Waals surface area contributed by atoms with Gasteiger partial charge in [-0.1, -0.05) is 12.2 Å². The van der Waals surface area contributed by atoms with Gasteiger partial charge in [-0.2, -0.15) is 0 Å². The highest BCUT2D eigenvalue weighted by atomic mass is 35.5. The Balaban J connectivity index is 3.15. The fourth-order valence-corrected chi connectivity index (χ4v) is 1.16. The number of amides is 1. The quantitative estimate of drug-likeness (QED) is 0.769. The number of hydrogen-bond donors (Lipinski definition) is 1. The van der Waals surface area contributed by atoms with Crippen LogP contribution < -0.4 is 5.73 Å². The Morgan fingerprint density at radius 3 is 2.86 bits per heavy atom. The number of alkyl halides is 1. The third kappa shape index (κ3) is 2.57. The number of benzene rings is 1. The molecule has 1 aromatic rings. The maximum absolute atomic E-state index is 12.8. The Labute approximate surface area is 86.2 Å². The highest BCUT2D eigenvalue weighted by molar-refractivity contribution is 6.19. The summed E-state index contributed by atoms with van der Waals surface area (Å²) in [5.41, 5.74) is 5.84. The second kappa shape index (κ2) is 4.77. The summed E-state index contributed by atoms with van der Waals surface area (Å²) < 4.78 is 12.8. The number of allylic oxidation sites excluding steroid dienone is 1. The standard InChI is InChI=1S/C10H9ClFNO/c11-5-1-2-7-6-8(12)3-4-9(7)10(13)14/h1-4,6H,5H2,(H2,13,14). The molecule has 0 aliphatic carbocycles. The molecule has 0 heterocycles. The minimum absolute atomic E-state index is 0.285. The lowest BCUT2D eigenvalue weighted by Gasteiger charge is -2.01. The second-order valence-electron chi connectivity index (χ2n) is 2.65. The van der Waals surface area contributed by atoms with Gasteiger partial charge in [0.2, 0.25) is 5.91 Å². The summed E-state index contributed by atoms with van der Waals surface area (Å²) in [5, 5.41) is 0. The van der Waals surface area contributed by atoms with Gasteiger partial charge in [0.1, 0.15) is 5.82 Å². The van der Waals surface area contributed by atoms with Crippen molar-refractivity contribution in [3.05, 3.63) is 41.2 Å². The highest BCUT2D eigenvalue weighted by Gasteiger charge is 2.06. The van der Waals surface area contributed by atoms with E-state index in [0.717, 1.165) is 0 Å². The minimum Gasteiger partial charge on any atom is -0.366 e. The first-order valence-corrected chi connectivity index (χ1v) is 4.50. The molecule has 0 atom stereocenters. The zero-order valence-corrected chi connectivity index (χ0v) is 8.09. The molecule has 2 nitrogen and oxygen atoms in total. The Hall–Kier alpha value is -1.35. The third-order valence-corrected chi connectivity index (χ3v) is 1.84. The number of carbonyl (C=O) groups is 1. The van der Waals surface area contributed by atoms with Crippen LogP contribution in [0.5, 0.6) is 0 Å². The van der Waals surface area contributed by atoms with Crippen molar-refractivity contribution < 1.29 is 9.18 Å². The molecule has 1 amide bonds. The van der Waals surface area contributed by atoms with Crippen LogP contribution >= 0.6 is 11.6 Å². The topological polar surface area (TPSA) is 43.1 Å². The molecule has 0 saturated heterocycles. The first-order chi connectivity index (χ1) is 6.65. The number of primary amides is 1. The van der Waals surface area contributed by atoms with E-state index < -0.39 is 11.7 Å². The van der Waals surface area contributed by atoms with Gasteiger partial charge >= 0.3 is 0 Å². The van der Waals surface area contributed by atoms with Gasteiger partial charge in [0.25, 0.3) is 0 Å². The average molecular weight is 214 g/mol. The van der Waals surface area contributed by atoms with Crippen LogP contribution in [-0.4, -0.2) is 11.8 Å². The molecule has 0 bridgehead atoms. The van der Waals surface area contributed by atoms with E-state index in [1.165, 1.54) is 18.2 Å². The molecule has 14 heavy (non-hydrogen) atoms. The fraction of sp³-hybridized carbons (Fsp3) is 0.100. The molecule has 74 valence electrons. The van der Waals surface area contributed by atoms with Crippen LogP contribution in [-0.2, 0) is 0 Å². The normalized spacial score (nSPS) is 10.7. The van der Waals surface area contributed by atoms with E-state index in [4.69, 9.17) is 17.3 Å². The van der Waals surface area contributed by atoms with Crippen molar-refractivity contribution in [1.82, 2.24) is 0 Å². The molecular formula is C10H9ClFNO. The molecule has 1 aromatic carbocycles. The van der Waals surface area contributed by atoms with E-state index in [9.17, 15) is 9.18 Å². The van der Waals surface area contributed by atoms with Crippen LogP contribution in [0.15, 0.2) is 24.3 Å². The van der Waals surface area contributed by atoms with Crippen LogP contribution in [0.1, 0.15) is 15.9 Å². The van der Waals surface area contributed by atoms with E-state index in [1.54, 1.807) is 12.2 Å². The SMILES string of the molecule is NC(=O)c1ccc(F)cc1C=CCCl. The van der Waals surface area contributed by atoms with Crippen molar-refractivity contribution in [1.29, 1.82) is 0 Å². The molecule has 1 rings (SSSR count). The van der Waals surface area contributed by atoms with Crippen molar-refractivity contribution in [2.24, 2.45) is 5.73 Å². The lowest BCUT2D eigenvalue weighted by atomic mass is 10.1. The van der Waals surface area contributed by atoms with Crippen molar-refractivity contribution in [2.45, 2.75) is 0 Å². The summed E-state index contributed by atoms with van der Waals surface area (Å²) in [6.45, 7) is 0. The first-order valence-electron chi connectivity index (χ1n) is 3.97. The van der Waals surface area contributed by atoms with Crippen molar-refractivity contribution in [2.75, 3.05) is 5.88 Å². The highest BCUT2D eigenvalue weighted by Crippen LogP contribution is 2.12. The molecule has 0 radical (unpaired) electrons. The van der Waals surface area contributed by atoms with Gasteiger partial charge in [0, 0.05) is 11.4 Å². The van der Waals surface area contributed by atoms with Gasteiger partial charge in [0.05, 0.1) is 0 Å². The molecule has 0 aliphatic heterocycles.